The van der Waals surface area contributed by atoms with Crippen LogP contribution in [0.15, 0.2) is 0 Å². The highest BCUT2D eigenvalue weighted by Gasteiger charge is 2.40. The van der Waals surface area contributed by atoms with E-state index in [0.717, 1.165) is 19.0 Å². The van der Waals surface area contributed by atoms with E-state index < -0.39 is 11.5 Å². The van der Waals surface area contributed by atoms with E-state index in [2.05, 4.69) is 0 Å². The summed E-state index contributed by atoms with van der Waals surface area (Å²) in [5, 5.41) is 3.23. The van der Waals surface area contributed by atoms with Gasteiger partial charge in [0.15, 0.2) is 0 Å². The third-order valence-electron chi connectivity index (χ3n) is 5.02. The summed E-state index contributed by atoms with van der Waals surface area (Å²) in [5.74, 6) is -0.218. The molecular weight excluding hydrogens is 404 g/mol. The van der Waals surface area contributed by atoms with Crippen LogP contribution in [0.1, 0.15) is 47.0 Å². The molecule has 1 fully saturated rings. The minimum Gasteiger partial charge on any atom is -0.379 e. The van der Waals surface area contributed by atoms with Gasteiger partial charge in [-0.25, -0.2) is 5.01 Å². The van der Waals surface area contributed by atoms with Crippen molar-refractivity contribution < 1.29 is 33.3 Å². The Morgan fingerprint density at radius 3 is 2.03 bits per heavy atom. The van der Waals surface area contributed by atoms with Crippen molar-refractivity contribution in [1.82, 2.24) is 10.0 Å². The maximum atomic E-state index is 13.0. The largest absolute Gasteiger partial charge is 0.379 e. The summed E-state index contributed by atoms with van der Waals surface area (Å²) in [4.78, 5) is 36.3. The van der Waals surface area contributed by atoms with Crippen molar-refractivity contribution in [3.63, 3.8) is 0 Å². The fraction of sp³-hybridized carbons (Fsp3) is 0.864. The van der Waals surface area contributed by atoms with Crippen LogP contribution in [-0.4, -0.2) is 100.0 Å². The van der Waals surface area contributed by atoms with Crippen molar-refractivity contribution in [2.24, 2.45) is 5.41 Å². The topological polar surface area (TPSA) is 94.6 Å². The van der Waals surface area contributed by atoms with Crippen molar-refractivity contribution in [3.05, 3.63) is 0 Å². The lowest BCUT2D eigenvalue weighted by Gasteiger charge is -2.43. The van der Waals surface area contributed by atoms with Crippen LogP contribution in [0.3, 0.4) is 0 Å². The Labute approximate surface area is 186 Å². The van der Waals surface area contributed by atoms with Gasteiger partial charge >= 0.3 is 0 Å². The molecule has 9 heteroatoms. The Balaban J connectivity index is 2.38. The van der Waals surface area contributed by atoms with Gasteiger partial charge in [0, 0.05) is 13.2 Å². The number of hydrazine groups is 1. The van der Waals surface area contributed by atoms with Crippen LogP contribution < -0.4 is 0 Å². The smallest absolute Gasteiger partial charge is 0.239 e. The van der Waals surface area contributed by atoms with Crippen LogP contribution in [0.5, 0.6) is 0 Å². The van der Waals surface area contributed by atoms with E-state index in [1.165, 1.54) is 5.01 Å². The van der Waals surface area contributed by atoms with Crippen molar-refractivity contribution in [2.45, 2.75) is 59.0 Å². The van der Waals surface area contributed by atoms with Gasteiger partial charge in [-0.2, -0.15) is 0 Å². The molecule has 0 radical (unpaired) electrons. The SMILES string of the molecule is CCOCCOCCOCCOCCC(=O)N(C(C=O)C(C)(C)C)N1CCC[C@H]1C=O. The van der Waals surface area contributed by atoms with Crippen LogP contribution in [0.25, 0.3) is 0 Å². The minimum absolute atomic E-state index is 0.128. The van der Waals surface area contributed by atoms with E-state index in [-0.39, 0.29) is 25.0 Å². The molecule has 1 unspecified atom stereocenters. The van der Waals surface area contributed by atoms with E-state index in [4.69, 9.17) is 18.9 Å². The zero-order valence-electron chi connectivity index (χ0n) is 19.5. The second kappa shape index (κ2) is 15.4. The maximum absolute atomic E-state index is 13.0. The number of ether oxygens (including phenoxy) is 4. The minimum atomic E-state index is -0.647. The highest BCUT2D eigenvalue weighted by Crippen LogP contribution is 2.29. The zero-order valence-corrected chi connectivity index (χ0v) is 19.5. The maximum Gasteiger partial charge on any atom is 0.239 e. The van der Waals surface area contributed by atoms with Gasteiger partial charge < -0.3 is 28.5 Å². The molecule has 1 amide bonds. The van der Waals surface area contributed by atoms with Gasteiger partial charge in [-0.05, 0) is 25.2 Å². The number of rotatable bonds is 17. The Bertz CT molecular complexity index is 524. The second-order valence-corrected chi connectivity index (χ2v) is 8.48. The quantitative estimate of drug-likeness (QED) is 0.246. The number of hydrogen-bond acceptors (Lipinski definition) is 8. The van der Waals surface area contributed by atoms with Gasteiger partial charge in [-0.15, -0.1) is 0 Å². The molecule has 0 aromatic carbocycles. The lowest BCUT2D eigenvalue weighted by Crippen LogP contribution is -2.58. The lowest BCUT2D eigenvalue weighted by atomic mass is 9.87. The summed E-state index contributed by atoms with van der Waals surface area (Å²) < 4.78 is 21.5. The fourth-order valence-electron chi connectivity index (χ4n) is 3.35. The molecule has 0 saturated carbocycles. The van der Waals surface area contributed by atoms with E-state index in [0.29, 0.717) is 59.2 Å². The molecule has 1 saturated heterocycles. The number of aldehydes is 2. The lowest BCUT2D eigenvalue weighted by molar-refractivity contribution is -0.167. The summed E-state index contributed by atoms with van der Waals surface area (Å²) in [6.07, 6.45) is 3.27. The molecule has 0 N–H and O–H groups in total. The Morgan fingerprint density at radius 1 is 1.00 bits per heavy atom. The molecule has 0 aromatic rings. The predicted octanol–water partition coefficient (Wildman–Crippen LogP) is 1.48. The van der Waals surface area contributed by atoms with Crippen molar-refractivity contribution >= 4 is 18.5 Å². The van der Waals surface area contributed by atoms with E-state index in [9.17, 15) is 14.4 Å². The van der Waals surface area contributed by atoms with Gasteiger partial charge in [0.2, 0.25) is 5.91 Å². The summed E-state index contributed by atoms with van der Waals surface area (Å²) in [6, 6.07) is -1.02. The van der Waals surface area contributed by atoms with Crippen molar-refractivity contribution in [2.75, 3.05) is 59.4 Å². The molecule has 2 atom stereocenters. The third kappa shape index (κ3) is 10.2. The molecule has 0 spiro atoms. The van der Waals surface area contributed by atoms with Gasteiger partial charge in [0.1, 0.15) is 18.6 Å². The first-order valence-corrected chi connectivity index (χ1v) is 11.2. The van der Waals surface area contributed by atoms with E-state index >= 15 is 0 Å². The molecule has 31 heavy (non-hydrogen) atoms. The molecule has 1 rings (SSSR count). The number of hydrogen-bond donors (Lipinski definition) is 0. The van der Waals surface area contributed by atoms with Crippen LogP contribution in [0, 0.1) is 5.41 Å². The van der Waals surface area contributed by atoms with Crippen LogP contribution in [0.4, 0.5) is 0 Å². The summed E-state index contributed by atoms with van der Waals surface area (Å²) >= 11 is 0. The average Bonchev–Trinajstić information content (AvgIpc) is 3.19. The molecule has 0 aromatic heterocycles. The average molecular weight is 445 g/mol. The molecule has 9 nitrogen and oxygen atoms in total. The zero-order chi connectivity index (χ0) is 23.1. The molecular formula is C22H40N2O7. The Hall–Kier alpha value is -1.39. The summed E-state index contributed by atoms with van der Waals surface area (Å²) in [5.41, 5.74) is -0.452. The Morgan fingerprint density at radius 2 is 1.55 bits per heavy atom. The highest BCUT2D eigenvalue weighted by molar-refractivity contribution is 5.80. The van der Waals surface area contributed by atoms with Gasteiger partial charge in [0.05, 0.1) is 58.7 Å². The molecule has 0 bridgehead atoms. The monoisotopic (exact) mass is 444 g/mol. The van der Waals surface area contributed by atoms with E-state index in [1.54, 1.807) is 5.01 Å². The van der Waals surface area contributed by atoms with Gasteiger partial charge in [-0.3, -0.25) is 9.80 Å². The normalized spacial score (nSPS) is 18.1. The van der Waals surface area contributed by atoms with Gasteiger partial charge in [0.25, 0.3) is 0 Å². The molecule has 1 heterocycles. The van der Waals surface area contributed by atoms with E-state index in [1.807, 2.05) is 27.7 Å². The first-order valence-electron chi connectivity index (χ1n) is 11.2. The number of nitrogens with zero attached hydrogens (tertiary/aromatic N) is 2. The predicted molar refractivity (Wildman–Crippen MR) is 116 cm³/mol. The third-order valence-corrected chi connectivity index (χ3v) is 5.02. The number of carbonyl (C=O) groups is 3. The van der Waals surface area contributed by atoms with Crippen molar-refractivity contribution in [3.8, 4) is 0 Å². The summed E-state index contributed by atoms with van der Waals surface area (Å²) in [6.45, 7) is 12.0. The first-order chi connectivity index (χ1) is 14.9. The van der Waals surface area contributed by atoms with Crippen LogP contribution in [0.2, 0.25) is 0 Å². The second-order valence-electron chi connectivity index (χ2n) is 8.48. The summed E-state index contributed by atoms with van der Waals surface area (Å²) in [7, 11) is 0. The van der Waals surface area contributed by atoms with Crippen molar-refractivity contribution in [1.29, 1.82) is 0 Å². The van der Waals surface area contributed by atoms with Crippen LogP contribution in [-0.2, 0) is 33.3 Å². The number of amides is 1. The van der Waals surface area contributed by atoms with Crippen LogP contribution >= 0.6 is 0 Å². The fourth-order valence-corrected chi connectivity index (χ4v) is 3.35. The molecule has 1 aliphatic rings. The molecule has 1 aliphatic heterocycles. The molecule has 180 valence electrons. The van der Waals surface area contributed by atoms with Gasteiger partial charge in [-0.1, -0.05) is 20.8 Å². The Kier molecular flexibility index (Phi) is 13.7. The highest BCUT2D eigenvalue weighted by atomic mass is 16.6. The number of carbonyl (C=O) groups excluding carboxylic acids is 3. The first kappa shape index (κ1) is 27.6. The standard InChI is InChI=1S/C22H40N2O7/c1-5-28-11-12-30-15-16-31-14-13-29-10-8-21(27)24(20(18-26)22(2,3)4)23-9-6-7-19(23)17-25/h17-20H,5-16H2,1-4H3/t19-,20?/m0/s1. The molecule has 0 aliphatic carbocycles.